The number of tetrazole rings is 1. The number of piperazine rings is 1. The molecule has 1 aliphatic heterocycles. The van der Waals surface area contributed by atoms with Crippen LogP contribution in [0.5, 0.6) is 0 Å². The van der Waals surface area contributed by atoms with Gasteiger partial charge >= 0.3 is 0 Å². The summed E-state index contributed by atoms with van der Waals surface area (Å²) >= 11 is 0. The third-order valence-corrected chi connectivity index (χ3v) is 2.61. The van der Waals surface area contributed by atoms with E-state index in [1.165, 1.54) is 4.80 Å². The number of nitrogens with one attached hydrogen (secondary N) is 1. The Morgan fingerprint density at radius 3 is 2.71 bits per heavy atom. The Morgan fingerprint density at radius 1 is 1.41 bits per heavy atom. The van der Waals surface area contributed by atoms with Gasteiger partial charge in [-0.05, 0) is 19.1 Å². The van der Waals surface area contributed by atoms with E-state index in [1.54, 1.807) is 20.9 Å². The molecule has 1 saturated heterocycles. The van der Waals surface area contributed by atoms with Gasteiger partial charge in [0.15, 0.2) is 5.82 Å². The fourth-order valence-electron chi connectivity index (χ4n) is 1.61. The topological polar surface area (TPSA) is 93.0 Å². The third-order valence-electron chi connectivity index (χ3n) is 2.61. The normalized spacial score (nSPS) is 19.8. The van der Waals surface area contributed by atoms with Crippen molar-refractivity contribution in [2.45, 2.75) is 25.9 Å². The van der Waals surface area contributed by atoms with Gasteiger partial charge in [-0.2, -0.15) is 4.80 Å². The first-order valence-corrected chi connectivity index (χ1v) is 5.23. The second kappa shape index (κ2) is 3.88. The smallest absolute Gasteiger partial charge is 0.249 e. The zero-order valence-electron chi connectivity index (χ0n) is 9.97. The molecule has 0 aromatic carbocycles. The van der Waals surface area contributed by atoms with Gasteiger partial charge in [0.05, 0.1) is 25.7 Å². The fraction of sp³-hybridized carbons (Fsp3) is 0.667. The molecule has 2 amide bonds. The Morgan fingerprint density at radius 2 is 2.12 bits per heavy atom. The van der Waals surface area contributed by atoms with Crippen molar-refractivity contribution in [1.82, 2.24) is 30.4 Å². The molecule has 0 aliphatic carbocycles. The molecular weight excluding hydrogens is 224 g/mol. The standard InChI is InChI=1S/C9H14N6O2/c1-9(2)8(17)15(7(16)4-10-9)5-6-11-13-14(3)12-6/h10H,4-5H2,1-3H3. The van der Waals surface area contributed by atoms with E-state index in [2.05, 4.69) is 20.7 Å². The molecule has 0 unspecified atom stereocenters. The molecule has 1 aliphatic rings. The highest BCUT2D eigenvalue weighted by Gasteiger charge is 2.40. The Balaban J connectivity index is 2.18. The van der Waals surface area contributed by atoms with E-state index in [-0.39, 0.29) is 24.9 Å². The SMILES string of the molecule is Cn1nnc(CN2C(=O)CNC(C)(C)C2=O)n1. The molecule has 8 nitrogen and oxygen atoms in total. The molecule has 1 N–H and O–H groups in total. The van der Waals surface area contributed by atoms with Crippen molar-refractivity contribution in [2.24, 2.45) is 7.05 Å². The van der Waals surface area contributed by atoms with Gasteiger partial charge in [0.1, 0.15) is 0 Å². The molecular formula is C9H14N6O2. The molecule has 92 valence electrons. The van der Waals surface area contributed by atoms with Gasteiger partial charge < -0.3 is 0 Å². The van der Waals surface area contributed by atoms with E-state index >= 15 is 0 Å². The average Bonchev–Trinajstić information content (AvgIpc) is 2.66. The summed E-state index contributed by atoms with van der Waals surface area (Å²) in [7, 11) is 1.63. The molecule has 1 fully saturated rings. The number of hydrogen-bond donors (Lipinski definition) is 1. The van der Waals surface area contributed by atoms with Gasteiger partial charge in [-0.1, -0.05) is 0 Å². The van der Waals surface area contributed by atoms with Crippen LogP contribution in [0.4, 0.5) is 0 Å². The van der Waals surface area contributed by atoms with Crippen molar-refractivity contribution in [1.29, 1.82) is 0 Å². The van der Waals surface area contributed by atoms with Crippen molar-refractivity contribution in [3.05, 3.63) is 5.82 Å². The monoisotopic (exact) mass is 238 g/mol. The molecule has 0 atom stereocenters. The van der Waals surface area contributed by atoms with E-state index in [4.69, 9.17) is 0 Å². The van der Waals surface area contributed by atoms with Crippen LogP contribution in [0.3, 0.4) is 0 Å². The zero-order valence-corrected chi connectivity index (χ0v) is 9.97. The Kier molecular flexibility index (Phi) is 2.66. The van der Waals surface area contributed by atoms with E-state index in [0.29, 0.717) is 5.82 Å². The number of amides is 2. The van der Waals surface area contributed by atoms with Crippen LogP contribution in [-0.2, 0) is 23.2 Å². The summed E-state index contributed by atoms with van der Waals surface area (Å²) in [6.07, 6.45) is 0. The number of nitrogens with zero attached hydrogens (tertiary/aromatic N) is 5. The second-order valence-corrected chi connectivity index (χ2v) is 4.46. The second-order valence-electron chi connectivity index (χ2n) is 4.46. The minimum Gasteiger partial charge on any atom is -0.295 e. The first-order chi connectivity index (χ1) is 7.90. The maximum absolute atomic E-state index is 12.0. The molecule has 0 saturated carbocycles. The summed E-state index contributed by atoms with van der Waals surface area (Å²) in [5.41, 5.74) is -0.740. The molecule has 0 spiro atoms. The van der Waals surface area contributed by atoms with Crippen molar-refractivity contribution in [3.8, 4) is 0 Å². The lowest BCUT2D eigenvalue weighted by Crippen LogP contribution is -2.63. The van der Waals surface area contributed by atoms with Gasteiger partial charge in [0, 0.05) is 0 Å². The summed E-state index contributed by atoms with van der Waals surface area (Å²) in [5.74, 6) is -0.199. The quantitative estimate of drug-likeness (QED) is 0.627. The summed E-state index contributed by atoms with van der Waals surface area (Å²) < 4.78 is 0. The number of aromatic nitrogens is 4. The van der Waals surface area contributed by atoms with Gasteiger partial charge in [-0.3, -0.25) is 19.8 Å². The largest absolute Gasteiger partial charge is 0.295 e. The number of carbonyl (C=O) groups excluding carboxylic acids is 2. The fourth-order valence-corrected chi connectivity index (χ4v) is 1.61. The maximum atomic E-state index is 12.0. The molecule has 0 bridgehead atoms. The van der Waals surface area contributed by atoms with Crippen molar-refractivity contribution < 1.29 is 9.59 Å². The van der Waals surface area contributed by atoms with E-state index in [0.717, 1.165) is 4.90 Å². The molecule has 2 rings (SSSR count). The number of carbonyl (C=O) groups is 2. The van der Waals surface area contributed by atoms with E-state index in [1.807, 2.05) is 0 Å². The van der Waals surface area contributed by atoms with Gasteiger partial charge in [-0.25, -0.2) is 0 Å². The van der Waals surface area contributed by atoms with Crippen molar-refractivity contribution in [3.63, 3.8) is 0 Å². The van der Waals surface area contributed by atoms with Crippen LogP contribution in [0, 0.1) is 0 Å². The van der Waals surface area contributed by atoms with Crippen LogP contribution < -0.4 is 5.32 Å². The minimum absolute atomic E-state index is 0.0661. The summed E-state index contributed by atoms with van der Waals surface area (Å²) in [4.78, 5) is 26.1. The first-order valence-electron chi connectivity index (χ1n) is 5.23. The predicted octanol–water partition coefficient (Wildman–Crippen LogP) is -1.55. The van der Waals surface area contributed by atoms with Gasteiger partial charge in [0.25, 0.3) is 0 Å². The lowest BCUT2D eigenvalue weighted by Gasteiger charge is -2.35. The van der Waals surface area contributed by atoms with Crippen LogP contribution in [0.1, 0.15) is 19.7 Å². The summed E-state index contributed by atoms with van der Waals surface area (Å²) in [6.45, 7) is 3.67. The van der Waals surface area contributed by atoms with Crippen molar-refractivity contribution in [2.75, 3.05) is 6.54 Å². The van der Waals surface area contributed by atoms with Crippen LogP contribution in [0.2, 0.25) is 0 Å². The minimum atomic E-state index is -0.740. The predicted molar refractivity (Wildman–Crippen MR) is 56.4 cm³/mol. The highest BCUT2D eigenvalue weighted by molar-refractivity contribution is 6.02. The highest BCUT2D eigenvalue weighted by atomic mass is 16.2. The van der Waals surface area contributed by atoms with Crippen LogP contribution in [-0.4, -0.2) is 49.0 Å². The molecule has 1 aromatic rings. The summed E-state index contributed by atoms with van der Waals surface area (Å²) in [5, 5.41) is 14.2. The maximum Gasteiger partial charge on any atom is 0.249 e. The molecule has 1 aromatic heterocycles. The third kappa shape index (κ3) is 2.16. The number of hydrogen-bond acceptors (Lipinski definition) is 6. The number of imide groups is 1. The molecule has 0 radical (unpaired) electrons. The lowest BCUT2D eigenvalue weighted by atomic mass is 10.0. The van der Waals surface area contributed by atoms with Crippen LogP contribution in [0.15, 0.2) is 0 Å². The molecule has 8 heteroatoms. The Labute approximate surface area is 98.0 Å². The van der Waals surface area contributed by atoms with Crippen LogP contribution in [0.25, 0.3) is 0 Å². The van der Waals surface area contributed by atoms with E-state index in [9.17, 15) is 9.59 Å². The zero-order chi connectivity index (χ0) is 12.6. The van der Waals surface area contributed by atoms with Crippen molar-refractivity contribution >= 4 is 11.8 Å². The van der Waals surface area contributed by atoms with Gasteiger partial charge in [0.2, 0.25) is 11.8 Å². The summed E-state index contributed by atoms with van der Waals surface area (Å²) in [6, 6.07) is 0. The first kappa shape index (κ1) is 11.6. The number of aryl methyl sites for hydroxylation is 1. The lowest BCUT2D eigenvalue weighted by molar-refractivity contribution is -0.153. The molecule has 17 heavy (non-hydrogen) atoms. The highest BCUT2D eigenvalue weighted by Crippen LogP contribution is 2.14. The van der Waals surface area contributed by atoms with Crippen LogP contribution >= 0.6 is 0 Å². The number of rotatable bonds is 2. The Bertz CT molecular complexity index is 466. The van der Waals surface area contributed by atoms with Gasteiger partial charge in [-0.15, -0.1) is 10.2 Å². The Hall–Kier alpha value is -1.83. The molecule has 2 heterocycles. The van der Waals surface area contributed by atoms with E-state index < -0.39 is 5.54 Å². The average molecular weight is 238 g/mol.